The molecule has 112 valence electrons. The van der Waals surface area contributed by atoms with Crippen LogP contribution in [0.15, 0.2) is 53.0 Å². The van der Waals surface area contributed by atoms with Crippen molar-refractivity contribution in [2.75, 3.05) is 12.4 Å². The van der Waals surface area contributed by atoms with E-state index in [0.29, 0.717) is 17.1 Å². The van der Waals surface area contributed by atoms with E-state index in [4.69, 9.17) is 4.74 Å². The fourth-order valence-corrected chi connectivity index (χ4v) is 3.27. The Morgan fingerprint density at radius 1 is 1.18 bits per heavy atom. The van der Waals surface area contributed by atoms with Crippen LogP contribution in [0.4, 0.5) is 5.69 Å². The average molecular weight is 359 g/mol. The lowest BCUT2D eigenvalue weighted by atomic mass is 10.2. The number of benzene rings is 2. The number of methoxy groups -OCH3 is 1. The monoisotopic (exact) mass is 358 g/mol. The minimum atomic E-state index is -0.168. The van der Waals surface area contributed by atoms with Crippen molar-refractivity contribution in [2.45, 2.75) is 0 Å². The largest absolute Gasteiger partial charge is 0.497 e. The van der Waals surface area contributed by atoms with Crippen LogP contribution in [0.25, 0.3) is 10.9 Å². The van der Waals surface area contributed by atoms with Gasteiger partial charge in [0.15, 0.2) is 0 Å². The molecule has 2 aromatic carbocycles. The molecule has 1 amide bonds. The molecule has 0 aliphatic carbocycles. The Balaban J connectivity index is 1.98. The van der Waals surface area contributed by atoms with E-state index in [-0.39, 0.29) is 5.91 Å². The predicted molar refractivity (Wildman–Crippen MR) is 91.6 cm³/mol. The lowest BCUT2D eigenvalue weighted by molar-refractivity contribution is 0.101. The van der Waals surface area contributed by atoms with Crippen LogP contribution in [0.3, 0.4) is 0 Å². The van der Waals surface area contributed by atoms with Crippen molar-refractivity contribution in [2.24, 2.45) is 7.05 Å². The van der Waals surface area contributed by atoms with Gasteiger partial charge in [-0.15, -0.1) is 0 Å². The van der Waals surface area contributed by atoms with Gasteiger partial charge >= 0.3 is 0 Å². The van der Waals surface area contributed by atoms with Crippen LogP contribution >= 0.6 is 15.9 Å². The molecule has 1 N–H and O–H groups in total. The fraction of sp³-hybridized carbons (Fsp3) is 0.118. The molecule has 1 aromatic heterocycles. The number of halogens is 1. The maximum atomic E-state index is 12.6. The second-order valence-corrected chi connectivity index (χ2v) is 5.72. The quantitative estimate of drug-likeness (QED) is 0.762. The molecule has 0 saturated carbocycles. The molecule has 3 aromatic rings. The number of hydrogen-bond acceptors (Lipinski definition) is 2. The van der Waals surface area contributed by atoms with Gasteiger partial charge in [-0.25, -0.2) is 0 Å². The van der Waals surface area contributed by atoms with E-state index in [1.165, 1.54) is 0 Å². The first-order chi connectivity index (χ1) is 10.6. The number of carbonyl (C=O) groups is 1. The standard InChI is InChI=1S/C17H15BrN2O2/c1-20-14-9-4-3-8-13(14)15(18)16(20)17(21)19-11-6-5-7-12(10-11)22-2/h3-10H,1-2H3,(H,19,21). The summed E-state index contributed by atoms with van der Waals surface area (Å²) in [5.74, 6) is 0.535. The zero-order valence-corrected chi connectivity index (χ0v) is 13.8. The zero-order chi connectivity index (χ0) is 15.7. The summed E-state index contributed by atoms with van der Waals surface area (Å²) in [6.07, 6.45) is 0. The van der Waals surface area contributed by atoms with Crippen LogP contribution < -0.4 is 10.1 Å². The minimum absolute atomic E-state index is 0.168. The van der Waals surface area contributed by atoms with Gasteiger partial charge < -0.3 is 14.6 Å². The van der Waals surface area contributed by atoms with Gasteiger partial charge in [0, 0.05) is 29.7 Å². The third-order valence-corrected chi connectivity index (χ3v) is 4.39. The Kier molecular flexibility index (Phi) is 3.90. The number of fused-ring (bicyclic) bond motifs is 1. The third kappa shape index (κ3) is 2.48. The van der Waals surface area contributed by atoms with E-state index in [1.807, 2.05) is 54.1 Å². The maximum Gasteiger partial charge on any atom is 0.273 e. The molecule has 0 unspecified atom stereocenters. The summed E-state index contributed by atoms with van der Waals surface area (Å²) in [6, 6.07) is 15.2. The minimum Gasteiger partial charge on any atom is -0.497 e. The van der Waals surface area contributed by atoms with Crippen LogP contribution in [0.2, 0.25) is 0 Å². The molecule has 0 spiro atoms. The molecule has 4 nitrogen and oxygen atoms in total. The molecule has 0 fully saturated rings. The van der Waals surface area contributed by atoms with Gasteiger partial charge in [0.05, 0.1) is 11.6 Å². The van der Waals surface area contributed by atoms with E-state index in [9.17, 15) is 4.79 Å². The lowest BCUT2D eigenvalue weighted by Gasteiger charge is -2.08. The number of aromatic nitrogens is 1. The highest BCUT2D eigenvalue weighted by molar-refractivity contribution is 9.10. The van der Waals surface area contributed by atoms with Crippen LogP contribution in [0, 0.1) is 0 Å². The van der Waals surface area contributed by atoms with Gasteiger partial charge in [-0.3, -0.25) is 4.79 Å². The number of nitrogens with one attached hydrogen (secondary N) is 1. The molecule has 5 heteroatoms. The molecular formula is C17H15BrN2O2. The molecule has 0 atom stereocenters. The molecular weight excluding hydrogens is 344 g/mol. The average Bonchev–Trinajstić information content (AvgIpc) is 2.79. The summed E-state index contributed by atoms with van der Waals surface area (Å²) >= 11 is 3.54. The summed E-state index contributed by atoms with van der Waals surface area (Å²) in [5, 5.41) is 3.92. The van der Waals surface area contributed by atoms with Crippen molar-refractivity contribution in [3.63, 3.8) is 0 Å². The van der Waals surface area contributed by atoms with Crippen LogP contribution in [-0.4, -0.2) is 17.6 Å². The topological polar surface area (TPSA) is 43.3 Å². The van der Waals surface area contributed by atoms with Gasteiger partial charge in [-0.05, 0) is 34.1 Å². The smallest absolute Gasteiger partial charge is 0.273 e. The number of aryl methyl sites for hydroxylation is 1. The van der Waals surface area contributed by atoms with Gasteiger partial charge in [-0.2, -0.15) is 0 Å². The molecule has 22 heavy (non-hydrogen) atoms. The second kappa shape index (κ2) is 5.85. The van der Waals surface area contributed by atoms with Crippen molar-refractivity contribution in [3.05, 3.63) is 58.7 Å². The third-order valence-electron chi connectivity index (χ3n) is 3.59. The van der Waals surface area contributed by atoms with E-state index >= 15 is 0 Å². The summed E-state index contributed by atoms with van der Waals surface area (Å²) in [7, 11) is 3.48. The number of para-hydroxylation sites is 1. The van der Waals surface area contributed by atoms with Crippen molar-refractivity contribution in [1.82, 2.24) is 4.57 Å². The first-order valence-electron chi connectivity index (χ1n) is 6.80. The predicted octanol–water partition coefficient (Wildman–Crippen LogP) is 4.20. The number of amides is 1. The Morgan fingerprint density at radius 3 is 2.68 bits per heavy atom. The number of nitrogens with zero attached hydrogens (tertiary/aromatic N) is 1. The highest BCUT2D eigenvalue weighted by atomic mass is 79.9. The van der Waals surface area contributed by atoms with Gasteiger partial charge in [0.2, 0.25) is 0 Å². The summed E-state index contributed by atoms with van der Waals surface area (Å²) in [6.45, 7) is 0. The Labute approximate surface area is 136 Å². The van der Waals surface area contributed by atoms with Crippen molar-refractivity contribution in [3.8, 4) is 5.75 Å². The maximum absolute atomic E-state index is 12.6. The zero-order valence-electron chi connectivity index (χ0n) is 12.3. The van der Waals surface area contributed by atoms with Crippen LogP contribution in [-0.2, 0) is 7.05 Å². The Hall–Kier alpha value is -2.27. The van der Waals surface area contributed by atoms with Gasteiger partial charge in [0.1, 0.15) is 11.4 Å². The number of ether oxygens (including phenoxy) is 1. The Morgan fingerprint density at radius 2 is 1.95 bits per heavy atom. The normalized spacial score (nSPS) is 10.7. The van der Waals surface area contributed by atoms with E-state index < -0.39 is 0 Å². The van der Waals surface area contributed by atoms with Crippen LogP contribution in [0.1, 0.15) is 10.5 Å². The lowest BCUT2D eigenvalue weighted by Crippen LogP contribution is -2.16. The first-order valence-corrected chi connectivity index (χ1v) is 7.59. The summed E-state index contributed by atoms with van der Waals surface area (Å²) < 4.78 is 7.85. The number of anilines is 1. The molecule has 3 rings (SSSR count). The molecule has 0 radical (unpaired) electrons. The number of rotatable bonds is 3. The Bertz CT molecular complexity index is 816. The van der Waals surface area contributed by atoms with Crippen LogP contribution in [0.5, 0.6) is 5.75 Å². The highest BCUT2D eigenvalue weighted by Crippen LogP contribution is 2.30. The molecule has 0 bridgehead atoms. The van der Waals surface area contributed by atoms with Gasteiger partial charge in [0.25, 0.3) is 5.91 Å². The fourth-order valence-electron chi connectivity index (χ4n) is 2.49. The van der Waals surface area contributed by atoms with Crippen molar-refractivity contribution >= 4 is 38.4 Å². The second-order valence-electron chi connectivity index (χ2n) is 4.92. The molecule has 0 aliphatic heterocycles. The number of hydrogen-bond donors (Lipinski definition) is 1. The molecule has 0 saturated heterocycles. The van der Waals surface area contributed by atoms with E-state index in [2.05, 4.69) is 21.2 Å². The SMILES string of the molecule is COc1cccc(NC(=O)c2c(Br)c3ccccc3n2C)c1. The highest BCUT2D eigenvalue weighted by Gasteiger charge is 2.19. The van der Waals surface area contributed by atoms with Crippen molar-refractivity contribution < 1.29 is 9.53 Å². The van der Waals surface area contributed by atoms with Gasteiger partial charge in [-0.1, -0.05) is 24.3 Å². The van der Waals surface area contributed by atoms with E-state index in [0.717, 1.165) is 15.4 Å². The summed E-state index contributed by atoms with van der Waals surface area (Å²) in [5.41, 5.74) is 2.29. The van der Waals surface area contributed by atoms with Crippen molar-refractivity contribution in [1.29, 1.82) is 0 Å². The van der Waals surface area contributed by atoms with E-state index in [1.54, 1.807) is 13.2 Å². The molecule has 1 heterocycles. The number of carbonyl (C=O) groups excluding carboxylic acids is 1. The molecule has 0 aliphatic rings. The first kappa shape index (κ1) is 14.7. The summed E-state index contributed by atoms with van der Waals surface area (Å²) in [4.78, 5) is 12.6.